The van der Waals surface area contributed by atoms with Gasteiger partial charge in [0.2, 0.25) is 0 Å². The maximum atomic E-state index is 8.82. The number of ether oxygens (including phenoxy) is 1. The summed E-state index contributed by atoms with van der Waals surface area (Å²) in [5, 5.41) is 8.82. The molecule has 2 aromatic rings. The number of allylic oxidation sites excluding steroid dienone is 2. The molecular weight excluding hydrogens is 270 g/mol. The van der Waals surface area contributed by atoms with Gasteiger partial charge in [0, 0.05) is 0 Å². The Morgan fingerprint density at radius 1 is 0.955 bits per heavy atom. The molecular formula is C20H21NO. The first-order chi connectivity index (χ1) is 10.8. The molecule has 0 saturated carbocycles. The van der Waals surface area contributed by atoms with Crippen LogP contribution < -0.4 is 4.74 Å². The van der Waals surface area contributed by atoms with Crippen LogP contribution in [0.4, 0.5) is 0 Å². The summed E-state index contributed by atoms with van der Waals surface area (Å²) in [6, 6.07) is 17.8. The van der Waals surface area contributed by atoms with E-state index in [1.807, 2.05) is 43.3 Å². The van der Waals surface area contributed by atoms with Crippen molar-refractivity contribution in [2.24, 2.45) is 0 Å². The summed E-state index contributed by atoms with van der Waals surface area (Å²) >= 11 is 0. The van der Waals surface area contributed by atoms with Crippen molar-refractivity contribution in [3.05, 3.63) is 66.2 Å². The fourth-order valence-corrected chi connectivity index (χ4v) is 2.20. The van der Waals surface area contributed by atoms with Crippen LogP contribution in [0, 0.1) is 11.3 Å². The van der Waals surface area contributed by atoms with E-state index in [0.29, 0.717) is 5.56 Å². The highest BCUT2D eigenvalue weighted by Crippen LogP contribution is 2.22. The largest absolute Gasteiger partial charge is 0.494 e. The molecule has 0 saturated heterocycles. The zero-order valence-corrected chi connectivity index (χ0v) is 13.0. The highest BCUT2D eigenvalue weighted by Gasteiger charge is 1.99. The van der Waals surface area contributed by atoms with Crippen LogP contribution in [0.5, 0.6) is 5.75 Å². The second kappa shape index (κ2) is 8.69. The molecule has 0 atom stereocenters. The fourth-order valence-electron chi connectivity index (χ4n) is 2.20. The minimum absolute atomic E-state index is 0.682. The fraction of sp³-hybridized carbons (Fsp3) is 0.250. The Morgan fingerprint density at radius 2 is 1.59 bits per heavy atom. The first-order valence-corrected chi connectivity index (χ1v) is 7.68. The zero-order chi connectivity index (χ0) is 15.6. The molecule has 0 spiro atoms. The van der Waals surface area contributed by atoms with Crippen molar-refractivity contribution in [1.82, 2.24) is 0 Å². The predicted molar refractivity (Wildman–Crippen MR) is 90.8 cm³/mol. The number of unbranched alkanes of at least 4 members (excludes halogenated alkanes) is 2. The van der Waals surface area contributed by atoms with Crippen LogP contribution in [0.25, 0.3) is 11.1 Å². The van der Waals surface area contributed by atoms with Crippen LogP contribution in [-0.2, 0) is 0 Å². The van der Waals surface area contributed by atoms with Gasteiger partial charge >= 0.3 is 0 Å². The van der Waals surface area contributed by atoms with Gasteiger partial charge in [0.1, 0.15) is 5.75 Å². The van der Waals surface area contributed by atoms with Crippen molar-refractivity contribution in [2.45, 2.75) is 26.2 Å². The van der Waals surface area contributed by atoms with Crippen molar-refractivity contribution in [1.29, 1.82) is 5.26 Å². The van der Waals surface area contributed by atoms with Gasteiger partial charge in [0.05, 0.1) is 18.2 Å². The topological polar surface area (TPSA) is 33.0 Å². The molecule has 0 unspecified atom stereocenters. The minimum atomic E-state index is 0.682. The number of hydrogen-bond donors (Lipinski definition) is 0. The van der Waals surface area contributed by atoms with E-state index in [2.05, 4.69) is 30.4 Å². The van der Waals surface area contributed by atoms with E-state index in [1.54, 1.807) is 0 Å². The van der Waals surface area contributed by atoms with Gasteiger partial charge in [-0.3, -0.25) is 0 Å². The number of benzene rings is 2. The lowest BCUT2D eigenvalue weighted by Gasteiger charge is -2.07. The molecule has 0 aromatic heterocycles. The lowest BCUT2D eigenvalue weighted by atomic mass is 10.0. The smallest absolute Gasteiger partial charge is 0.119 e. The summed E-state index contributed by atoms with van der Waals surface area (Å²) < 4.78 is 5.75. The van der Waals surface area contributed by atoms with Crippen LogP contribution in [0.15, 0.2) is 60.7 Å². The van der Waals surface area contributed by atoms with E-state index in [-0.39, 0.29) is 0 Å². The molecule has 0 aliphatic carbocycles. The van der Waals surface area contributed by atoms with Gasteiger partial charge in [-0.15, -0.1) is 0 Å². The maximum absolute atomic E-state index is 8.82. The highest BCUT2D eigenvalue weighted by atomic mass is 16.5. The third-order valence-electron chi connectivity index (χ3n) is 3.47. The average Bonchev–Trinajstić information content (AvgIpc) is 2.59. The van der Waals surface area contributed by atoms with Crippen LogP contribution >= 0.6 is 0 Å². The number of hydrogen-bond acceptors (Lipinski definition) is 2. The second-order valence-corrected chi connectivity index (χ2v) is 5.13. The van der Waals surface area contributed by atoms with Crippen molar-refractivity contribution < 1.29 is 4.74 Å². The lowest BCUT2D eigenvalue weighted by molar-refractivity contribution is 0.307. The summed E-state index contributed by atoms with van der Waals surface area (Å²) in [5.74, 6) is 0.906. The van der Waals surface area contributed by atoms with E-state index < -0.39 is 0 Å². The summed E-state index contributed by atoms with van der Waals surface area (Å²) in [6.45, 7) is 2.81. The van der Waals surface area contributed by atoms with Crippen LogP contribution in [0.1, 0.15) is 31.7 Å². The lowest BCUT2D eigenvalue weighted by Crippen LogP contribution is -1.96. The molecule has 112 valence electrons. The third-order valence-corrected chi connectivity index (χ3v) is 3.47. The SMILES string of the molecule is CC=CCCCCOc1ccc(-c2ccc(C#N)cc2)cc1. The third kappa shape index (κ3) is 4.79. The van der Waals surface area contributed by atoms with E-state index in [0.717, 1.165) is 42.7 Å². The molecule has 0 aliphatic heterocycles. The van der Waals surface area contributed by atoms with Gasteiger partial charge in [-0.05, 0) is 61.6 Å². The Balaban J connectivity index is 1.86. The summed E-state index contributed by atoms with van der Waals surface area (Å²) in [6.07, 6.45) is 7.63. The molecule has 0 aliphatic rings. The molecule has 0 heterocycles. The Kier molecular flexibility index (Phi) is 6.26. The predicted octanol–water partition coefficient (Wildman–Crippen LogP) is 5.35. The molecule has 0 bridgehead atoms. The normalized spacial score (nSPS) is 10.5. The van der Waals surface area contributed by atoms with Crippen LogP contribution in [-0.4, -0.2) is 6.61 Å². The van der Waals surface area contributed by atoms with Crippen molar-refractivity contribution in [2.75, 3.05) is 6.61 Å². The first-order valence-electron chi connectivity index (χ1n) is 7.68. The Hall–Kier alpha value is -2.53. The summed E-state index contributed by atoms with van der Waals surface area (Å²) in [7, 11) is 0. The Morgan fingerprint density at radius 3 is 2.18 bits per heavy atom. The van der Waals surface area contributed by atoms with Crippen LogP contribution in [0.3, 0.4) is 0 Å². The van der Waals surface area contributed by atoms with Gasteiger partial charge in [-0.25, -0.2) is 0 Å². The highest BCUT2D eigenvalue weighted by molar-refractivity contribution is 5.64. The van der Waals surface area contributed by atoms with Gasteiger partial charge in [-0.2, -0.15) is 5.26 Å². The molecule has 0 amide bonds. The van der Waals surface area contributed by atoms with Gasteiger partial charge in [-0.1, -0.05) is 36.4 Å². The number of nitriles is 1. The van der Waals surface area contributed by atoms with E-state index in [1.165, 1.54) is 0 Å². The summed E-state index contributed by atoms with van der Waals surface area (Å²) in [4.78, 5) is 0. The molecule has 2 heteroatoms. The summed E-state index contributed by atoms with van der Waals surface area (Å²) in [5.41, 5.74) is 2.92. The standard InChI is InChI=1S/C20H21NO/c1-2-3-4-5-6-15-22-20-13-11-19(12-14-20)18-9-7-17(16-21)8-10-18/h2-3,7-14H,4-6,15H2,1H3. The van der Waals surface area contributed by atoms with Crippen LogP contribution in [0.2, 0.25) is 0 Å². The molecule has 0 N–H and O–H groups in total. The zero-order valence-electron chi connectivity index (χ0n) is 13.0. The minimum Gasteiger partial charge on any atom is -0.494 e. The average molecular weight is 291 g/mol. The first kappa shape index (κ1) is 15.9. The van der Waals surface area contributed by atoms with E-state index in [4.69, 9.17) is 10.00 Å². The second-order valence-electron chi connectivity index (χ2n) is 5.13. The molecule has 0 fully saturated rings. The monoisotopic (exact) mass is 291 g/mol. The molecule has 22 heavy (non-hydrogen) atoms. The Labute approximate surface area is 132 Å². The van der Waals surface area contributed by atoms with E-state index in [9.17, 15) is 0 Å². The molecule has 2 rings (SSSR count). The van der Waals surface area contributed by atoms with E-state index >= 15 is 0 Å². The van der Waals surface area contributed by atoms with Crippen molar-refractivity contribution in [3.8, 4) is 22.9 Å². The van der Waals surface area contributed by atoms with Crippen molar-refractivity contribution in [3.63, 3.8) is 0 Å². The van der Waals surface area contributed by atoms with Gasteiger partial charge < -0.3 is 4.74 Å². The van der Waals surface area contributed by atoms with Crippen molar-refractivity contribution >= 4 is 0 Å². The Bertz CT molecular complexity index is 633. The quantitative estimate of drug-likeness (QED) is 0.509. The molecule has 2 nitrogen and oxygen atoms in total. The number of nitrogens with zero attached hydrogens (tertiary/aromatic N) is 1. The van der Waals surface area contributed by atoms with Gasteiger partial charge in [0.15, 0.2) is 0 Å². The number of rotatable bonds is 7. The molecule has 0 radical (unpaired) electrons. The maximum Gasteiger partial charge on any atom is 0.119 e. The molecule has 2 aromatic carbocycles. The van der Waals surface area contributed by atoms with Gasteiger partial charge in [0.25, 0.3) is 0 Å².